The van der Waals surface area contributed by atoms with E-state index in [4.69, 9.17) is 14.9 Å². The third kappa shape index (κ3) is 2.61. The molecule has 3 aromatic rings. The molecule has 2 N–H and O–H groups in total. The average Bonchev–Trinajstić information content (AvgIpc) is 2.90. The molecule has 3 rings (SSSR count). The summed E-state index contributed by atoms with van der Waals surface area (Å²) in [6.07, 6.45) is 0. The zero-order chi connectivity index (χ0) is 13.1. The molecule has 0 aliphatic rings. The van der Waals surface area contributed by atoms with E-state index in [0.29, 0.717) is 6.61 Å². The van der Waals surface area contributed by atoms with Gasteiger partial charge in [0, 0.05) is 5.39 Å². The van der Waals surface area contributed by atoms with E-state index in [2.05, 4.69) is 0 Å². The Morgan fingerprint density at radius 3 is 2.53 bits per heavy atom. The number of para-hydroxylation sites is 2. The van der Waals surface area contributed by atoms with Crippen molar-refractivity contribution >= 4 is 11.0 Å². The Bertz CT molecular complexity index is 628. The monoisotopic (exact) mass is 253 g/mol. The molecule has 0 aliphatic carbocycles. The number of nitrogens with two attached hydrogens (primary N) is 1. The van der Waals surface area contributed by atoms with Crippen LogP contribution in [0.5, 0.6) is 5.75 Å². The van der Waals surface area contributed by atoms with Crippen LogP contribution in [0.2, 0.25) is 0 Å². The van der Waals surface area contributed by atoms with Gasteiger partial charge in [-0.1, -0.05) is 36.4 Å². The van der Waals surface area contributed by atoms with Gasteiger partial charge in [0.2, 0.25) is 0 Å². The molecular weight excluding hydrogens is 238 g/mol. The summed E-state index contributed by atoms with van der Waals surface area (Å²) in [4.78, 5) is 0. The first kappa shape index (κ1) is 11.8. The van der Waals surface area contributed by atoms with E-state index in [1.54, 1.807) is 0 Å². The first-order valence-corrected chi connectivity index (χ1v) is 6.25. The second-order valence-corrected chi connectivity index (χ2v) is 4.42. The van der Waals surface area contributed by atoms with Crippen molar-refractivity contribution in [3.8, 4) is 5.75 Å². The SMILES string of the molecule is NC(COc1ccccc1)c1cc2ccccc2o1. The van der Waals surface area contributed by atoms with Crippen LogP contribution in [0, 0.1) is 0 Å². The van der Waals surface area contributed by atoms with Crippen LogP contribution >= 0.6 is 0 Å². The summed E-state index contributed by atoms with van der Waals surface area (Å²) in [5.74, 6) is 1.56. The van der Waals surface area contributed by atoms with Crippen molar-refractivity contribution in [1.82, 2.24) is 0 Å². The van der Waals surface area contributed by atoms with Gasteiger partial charge >= 0.3 is 0 Å². The lowest BCUT2D eigenvalue weighted by Crippen LogP contribution is -2.18. The van der Waals surface area contributed by atoms with E-state index in [1.165, 1.54) is 0 Å². The lowest BCUT2D eigenvalue weighted by atomic mass is 10.2. The van der Waals surface area contributed by atoms with Crippen molar-refractivity contribution < 1.29 is 9.15 Å². The van der Waals surface area contributed by atoms with Gasteiger partial charge in [0.15, 0.2) is 0 Å². The molecule has 1 aromatic heterocycles. The van der Waals surface area contributed by atoms with Gasteiger partial charge < -0.3 is 14.9 Å². The van der Waals surface area contributed by atoms with Gasteiger partial charge in [-0.3, -0.25) is 0 Å². The highest BCUT2D eigenvalue weighted by molar-refractivity contribution is 5.77. The third-order valence-corrected chi connectivity index (χ3v) is 2.98. The number of fused-ring (bicyclic) bond motifs is 1. The summed E-state index contributed by atoms with van der Waals surface area (Å²) in [6.45, 7) is 0.393. The largest absolute Gasteiger partial charge is 0.491 e. The fourth-order valence-corrected chi connectivity index (χ4v) is 1.97. The quantitative estimate of drug-likeness (QED) is 0.774. The molecule has 0 saturated heterocycles. The molecule has 0 fully saturated rings. The lowest BCUT2D eigenvalue weighted by molar-refractivity contribution is 0.275. The Kier molecular flexibility index (Phi) is 3.21. The molecule has 1 unspecified atom stereocenters. The minimum atomic E-state index is -0.271. The van der Waals surface area contributed by atoms with Crippen molar-refractivity contribution in [2.24, 2.45) is 5.73 Å². The van der Waals surface area contributed by atoms with Gasteiger partial charge in [-0.2, -0.15) is 0 Å². The standard InChI is InChI=1S/C16H15NO2/c17-14(11-18-13-7-2-1-3-8-13)16-10-12-6-4-5-9-15(12)19-16/h1-10,14H,11,17H2. The van der Waals surface area contributed by atoms with Crippen LogP contribution in [-0.4, -0.2) is 6.61 Å². The maximum atomic E-state index is 6.09. The molecule has 0 radical (unpaired) electrons. The zero-order valence-electron chi connectivity index (χ0n) is 10.5. The van der Waals surface area contributed by atoms with E-state index in [1.807, 2.05) is 60.7 Å². The van der Waals surface area contributed by atoms with Crippen molar-refractivity contribution in [2.75, 3.05) is 6.61 Å². The Balaban J connectivity index is 1.71. The van der Waals surface area contributed by atoms with E-state index in [0.717, 1.165) is 22.5 Å². The highest BCUT2D eigenvalue weighted by Crippen LogP contribution is 2.23. The van der Waals surface area contributed by atoms with E-state index in [9.17, 15) is 0 Å². The average molecular weight is 253 g/mol. The molecule has 3 nitrogen and oxygen atoms in total. The molecule has 19 heavy (non-hydrogen) atoms. The minimum Gasteiger partial charge on any atom is -0.491 e. The molecule has 0 aliphatic heterocycles. The predicted octanol–water partition coefficient (Wildman–Crippen LogP) is 3.51. The van der Waals surface area contributed by atoms with Crippen LogP contribution < -0.4 is 10.5 Å². The molecule has 1 atom stereocenters. The third-order valence-electron chi connectivity index (χ3n) is 2.98. The molecule has 2 aromatic carbocycles. The van der Waals surface area contributed by atoms with Gasteiger partial charge in [-0.05, 0) is 24.3 Å². The first-order valence-electron chi connectivity index (χ1n) is 6.25. The van der Waals surface area contributed by atoms with Crippen LogP contribution in [0.1, 0.15) is 11.8 Å². The summed E-state index contributed by atoms with van der Waals surface area (Å²) in [7, 11) is 0. The number of hydrogen-bond donors (Lipinski definition) is 1. The summed E-state index contributed by atoms with van der Waals surface area (Å²) in [5, 5.41) is 1.06. The van der Waals surface area contributed by atoms with Gasteiger partial charge in [0.25, 0.3) is 0 Å². The maximum absolute atomic E-state index is 6.09. The molecule has 0 saturated carbocycles. The van der Waals surface area contributed by atoms with E-state index >= 15 is 0 Å². The molecule has 0 amide bonds. The topological polar surface area (TPSA) is 48.4 Å². The fourth-order valence-electron chi connectivity index (χ4n) is 1.97. The number of furan rings is 1. The molecular formula is C16H15NO2. The lowest BCUT2D eigenvalue weighted by Gasteiger charge is -2.10. The van der Waals surface area contributed by atoms with E-state index < -0.39 is 0 Å². The number of rotatable bonds is 4. The molecule has 96 valence electrons. The van der Waals surface area contributed by atoms with Crippen molar-refractivity contribution in [3.63, 3.8) is 0 Å². The normalized spacial score (nSPS) is 12.5. The minimum absolute atomic E-state index is 0.271. The van der Waals surface area contributed by atoms with Gasteiger partial charge in [-0.15, -0.1) is 0 Å². The van der Waals surface area contributed by atoms with Crippen molar-refractivity contribution in [3.05, 3.63) is 66.4 Å². The smallest absolute Gasteiger partial charge is 0.134 e. The summed E-state index contributed by atoms with van der Waals surface area (Å²) < 4.78 is 11.3. The second kappa shape index (κ2) is 5.16. The molecule has 0 bridgehead atoms. The summed E-state index contributed by atoms with van der Waals surface area (Å²) in [5.41, 5.74) is 6.94. The summed E-state index contributed by atoms with van der Waals surface area (Å²) >= 11 is 0. The fraction of sp³-hybridized carbons (Fsp3) is 0.125. The van der Waals surface area contributed by atoms with Crippen molar-refractivity contribution in [2.45, 2.75) is 6.04 Å². The Hall–Kier alpha value is -2.26. The second-order valence-electron chi connectivity index (χ2n) is 4.42. The molecule has 0 spiro atoms. The Labute approximate surface area is 111 Å². The maximum Gasteiger partial charge on any atom is 0.134 e. The van der Waals surface area contributed by atoms with Crippen LogP contribution in [-0.2, 0) is 0 Å². The Morgan fingerprint density at radius 2 is 1.74 bits per heavy atom. The number of ether oxygens (including phenoxy) is 1. The predicted molar refractivity (Wildman–Crippen MR) is 75.1 cm³/mol. The highest BCUT2D eigenvalue weighted by Gasteiger charge is 2.12. The zero-order valence-corrected chi connectivity index (χ0v) is 10.5. The van der Waals surface area contributed by atoms with Gasteiger partial charge in [0.1, 0.15) is 23.7 Å². The molecule has 1 heterocycles. The van der Waals surface area contributed by atoms with Crippen LogP contribution in [0.25, 0.3) is 11.0 Å². The van der Waals surface area contributed by atoms with E-state index in [-0.39, 0.29) is 6.04 Å². The van der Waals surface area contributed by atoms with Gasteiger partial charge in [0.05, 0.1) is 6.04 Å². The van der Waals surface area contributed by atoms with Crippen molar-refractivity contribution in [1.29, 1.82) is 0 Å². The first-order chi connectivity index (χ1) is 9.33. The molecule has 3 heteroatoms. The van der Waals surface area contributed by atoms with Crippen LogP contribution in [0.4, 0.5) is 0 Å². The van der Waals surface area contributed by atoms with Gasteiger partial charge in [-0.25, -0.2) is 0 Å². The summed E-state index contributed by atoms with van der Waals surface area (Å²) in [6, 6.07) is 19.2. The highest BCUT2D eigenvalue weighted by atomic mass is 16.5. The van der Waals surface area contributed by atoms with Crippen LogP contribution in [0.3, 0.4) is 0 Å². The van der Waals surface area contributed by atoms with Crippen LogP contribution in [0.15, 0.2) is 65.1 Å². The Morgan fingerprint density at radius 1 is 1.00 bits per heavy atom. The number of hydrogen-bond acceptors (Lipinski definition) is 3. The number of benzene rings is 2.